The fourth-order valence-electron chi connectivity index (χ4n) is 7.59. The van der Waals surface area contributed by atoms with Crippen molar-refractivity contribution in [2.24, 2.45) is 26.1 Å². The molecule has 10 rings (SSSR count). The fourth-order valence-corrected chi connectivity index (χ4v) is 14.9. The number of halogens is 3. The summed E-state index contributed by atoms with van der Waals surface area (Å²) in [6.07, 6.45) is 17.3. The number of aryl methyl sites for hydroxylation is 3. The van der Waals surface area contributed by atoms with Gasteiger partial charge in [0.2, 0.25) is 0 Å². The van der Waals surface area contributed by atoms with E-state index in [1.165, 1.54) is 66.2 Å². The van der Waals surface area contributed by atoms with Gasteiger partial charge in [-0.2, -0.15) is 0 Å². The van der Waals surface area contributed by atoms with Crippen molar-refractivity contribution in [3.8, 4) is 0 Å². The van der Waals surface area contributed by atoms with Gasteiger partial charge in [0.1, 0.15) is 0 Å². The summed E-state index contributed by atoms with van der Waals surface area (Å²) in [4.78, 5) is 5.42. The minimum atomic E-state index is -2.83. The quantitative estimate of drug-likeness (QED) is 0.0962. The van der Waals surface area contributed by atoms with Crippen LogP contribution >= 0.6 is 0 Å². The Morgan fingerprint density at radius 3 is 1.40 bits per heavy atom. The van der Waals surface area contributed by atoms with Crippen LogP contribution in [0.4, 0.5) is 0 Å². The Morgan fingerprint density at radius 1 is 0.458 bits per heavy atom. The van der Waals surface area contributed by atoms with Crippen LogP contribution in [0.15, 0.2) is 133 Å². The summed E-state index contributed by atoms with van der Waals surface area (Å²) in [5.74, 6) is 0. The summed E-state index contributed by atoms with van der Waals surface area (Å²) >= 11 is -2.83. The Bertz CT molecular complexity index is 2610. The van der Waals surface area contributed by atoms with Crippen LogP contribution in [0.25, 0.3) is 16.7 Å². The molecule has 236 valence electrons. The molecule has 6 aromatic heterocycles. The maximum absolute atomic E-state index is 5.42. The van der Waals surface area contributed by atoms with Gasteiger partial charge in [-0.1, -0.05) is 0 Å². The third-order valence-corrected chi connectivity index (χ3v) is 16.1. The van der Waals surface area contributed by atoms with Crippen LogP contribution in [0, 0.1) is 10.7 Å². The van der Waals surface area contributed by atoms with Crippen LogP contribution in [-0.2, 0) is 21.1 Å². The van der Waals surface area contributed by atoms with Crippen molar-refractivity contribution in [2.45, 2.75) is 0 Å². The van der Waals surface area contributed by atoms with Gasteiger partial charge in [-0.15, -0.1) is 0 Å². The van der Waals surface area contributed by atoms with Gasteiger partial charge in [0.25, 0.3) is 0 Å². The molecule has 48 heavy (non-hydrogen) atoms. The van der Waals surface area contributed by atoms with Crippen LogP contribution in [0.3, 0.4) is 0 Å². The molecule has 6 aromatic rings. The molecule has 0 aliphatic carbocycles. The Balaban J connectivity index is 0.00000121. The third kappa shape index (κ3) is 4.70. The van der Waals surface area contributed by atoms with E-state index in [1.807, 2.05) is 0 Å². The molecule has 11 heteroatoms. The smallest absolute Gasteiger partial charge is 1.00 e. The minimum absolute atomic E-state index is 0. The number of nitrogens with zero attached hydrogens (tertiary/aromatic N) is 7. The molecule has 0 amide bonds. The molecule has 0 saturated carbocycles. The van der Waals surface area contributed by atoms with Crippen LogP contribution in [-0.4, -0.2) is 32.5 Å². The van der Waals surface area contributed by atoms with Crippen molar-refractivity contribution >= 4 is 39.4 Å². The monoisotopic (exact) mass is 1020 g/mol. The van der Waals surface area contributed by atoms with Gasteiger partial charge in [-0.05, 0) is 0 Å². The molecule has 0 spiro atoms. The number of rotatable bonds is 3. The van der Waals surface area contributed by atoms with E-state index in [9.17, 15) is 0 Å². The first-order chi connectivity index (χ1) is 22.0. The van der Waals surface area contributed by atoms with Gasteiger partial charge in [0.05, 0.1) is 0 Å². The Morgan fingerprint density at radius 2 is 0.875 bits per heavy atom. The predicted octanol–water partition coefficient (Wildman–Crippen LogP) is -7.35. The Kier molecular flexibility index (Phi) is 8.66. The molecule has 7 nitrogen and oxygen atoms in total. The van der Waals surface area contributed by atoms with Crippen LogP contribution < -0.4 is 96.3 Å². The largest absolute Gasteiger partial charge is 1.00 e. The van der Waals surface area contributed by atoms with Crippen LogP contribution in [0.5, 0.6) is 0 Å². The van der Waals surface area contributed by atoms with Crippen molar-refractivity contribution in [2.75, 3.05) is 0 Å². The summed E-state index contributed by atoms with van der Waals surface area (Å²) in [5.41, 5.74) is 11.8. The summed E-state index contributed by atoms with van der Waals surface area (Å²) < 4.78 is 14.5. The van der Waals surface area contributed by atoms with Gasteiger partial charge in [-0.25, -0.2) is 0 Å². The summed E-state index contributed by atoms with van der Waals surface area (Å²) in [6, 6.07) is 27.4. The predicted molar refractivity (Wildman–Crippen MR) is 172 cm³/mol. The van der Waals surface area contributed by atoms with Crippen LogP contribution in [0.2, 0.25) is 0 Å². The minimum Gasteiger partial charge on any atom is -1.00 e. The fraction of sp³-hybridized carbons (Fsp3) is 0.0811. The molecule has 4 aliphatic heterocycles. The number of aliphatic imine (C=N–C) groups is 1. The first kappa shape index (κ1) is 33.5. The standard InChI is InChI=1S/C37H29N7.Ga.3HI/c1-42-18-12-24(13-19-42)35-29-6-4-27(38-29)28-5-7-30(39-28)36(25-14-20-43(2)21-15-25)32-9-11-34(41-32)37(33-10-8-31(35)40-33)26-16-22-44(3)23-17-26;;;;/h4-23H,1-3H3;;3*1H/q;+3;;;/p-3. The van der Waals surface area contributed by atoms with Crippen LogP contribution in [0.1, 0.15) is 28.1 Å². The van der Waals surface area contributed by atoms with Gasteiger partial charge in [0, 0.05) is 0 Å². The van der Waals surface area contributed by atoms with Crippen molar-refractivity contribution < 1.29 is 85.6 Å². The van der Waals surface area contributed by atoms with Crippen molar-refractivity contribution in [3.05, 3.63) is 177 Å². The van der Waals surface area contributed by atoms with Crippen molar-refractivity contribution in [3.63, 3.8) is 0 Å². The zero-order valence-electron chi connectivity index (χ0n) is 26.4. The van der Waals surface area contributed by atoms with E-state index in [-0.39, 0.29) is 71.9 Å². The molecule has 0 unspecified atom stereocenters. The maximum Gasteiger partial charge on any atom is -1.00 e. The van der Waals surface area contributed by atoms with Crippen molar-refractivity contribution in [1.82, 2.24) is 9.82 Å². The van der Waals surface area contributed by atoms with Gasteiger partial charge < -0.3 is 71.9 Å². The molecule has 10 heterocycles. The summed E-state index contributed by atoms with van der Waals surface area (Å²) in [5, 5.41) is 5.18. The van der Waals surface area contributed by atoms with E-state index >= 15 is 0 Å². The average molecular weight is 1020 g/mol. The molecule has 0 N–H and O–H groups in total. The molecule has 2 bridgehead atoms. The topological polar surface area (TPSA) is 38.8 Å². The van der Waals surface area contributed by atoms with Gasteiger partial charge in [-0.3, -0.25) is 0 Å². The molecule has 0 radical (unpaired) electrons. The Labute approximate surface area is 334 Å². The van der Waals surface area contributed by atoms with Gasteiger partial charge >= 0.3 is 266 Å². The third-order valence-electron chi connectivity index (χ3n) is 9.69. The maximum atomic E-state index is 5.42. The zero-order valence-corrected chi connectivity index (χ0v) is 35.3. The first-order valence-corrected chi connectivity index (χ1v) is 18.6. The van der Waals surface area contributed by atoms with E-state index in [4.69, 9.17) is 4.99 Å². The molecular weight excluding hydrogens is 993 g/mol. The molecular formula is C37H29GaI3N7. The zero-order chi connectivity index (χ0) is 30.0. The van der Waals surface area contributed by atoms with E-state index in [0.29, 0.717) is 0 Å². The molecule has 0 fully saturated rings. The number of allylic oxidation sites excluding steroid dienone is 2. The Hall–Kier alpha value is -2.99. The van der Waals surface area contributed by atoms with E-state index < -0.39 is 16.9 Å². The average Bonchev–Trinajstić information content (AvgIpc) is 3.88. The number of aromatic nitrogens is 6. The SMILES string of the molecule is C[n+]1ccc(C2=C3C=CC(=N3)C(c3cc[n+](C)cc3)=c3ccc4[n]3[Ga]3[n]5c2ccc5C(c2cc[n+](C)cc2)=c2ccc=4[n]23)cc1.[I-].[I-].[I-]. The van der Waals surface area contributed by atoms with E-state index in [0.717, 1.165) is 11.4 Å². The molecule has 0 aromatic carbocycles. The van der Waals surface area contributed by atoms with Gasteiger partial charge in [0.15, 0.2) is 0 Å². The number of hydrogen-bond donors (Lipinski definition) is 0. The normalized spacial score (nSPS) is 14.3. The number of fused-ring (bicyclic) bond motifs is 1. The van der Waals surface area contributed by atoms with E-state index in [1.54, 1.807) is 0 Å². The first-order valence-electron chi connectivity index (χ1n) is 15.3. The molecule has 0 saturated heterocycles. The molecule has 0 atom stereocenters. The molecule has 4 aliphatic rings. The number of hydrogen-bond acceptors (Lipinski definition) is 1. The number of pyridine rings is 3. The van der Waals surface area contributed by atoms with Crippen molar-refractivity contribution in [1.29, 1.82) is 0 Å². The second kappa shape index (κ2) is 12.4. The van der Waals surface area contributed by atoms with E-state index in [2.05, 4.69) is 167 Å². The summed E-state index contributed by atoms with van der Waals surface area (Å²) in [7, 11) is 6.21. The second-order valence-corrected chi connectivity index (χ2v) is 17.1. The summed E-state index contributed by atoms with van der Waals surface area (Å²) in [6.45, 7) is 0. The second-order valence-electron chi connectivity index (χ2n) is 12.4.